The number of nitrogens with one attached hydrogen (secondary N) is 1. The minimum atomic E-state index is -4.48. The van der Waals surface area contributed by atoms with Crippen LogP contribution in [-0.4, -0.2) is 53.9 Å². The van der Waals surface area contributed by atoms with Gasteiger partial charge in [0.25, 0.3) is 5.91 Å². The third-order valence-corrected chi connectivity index (χ3v) is 5.62. The molecule has 1 aliphatic heterocycles. The quantitative estimate of drug-likeness (QED) is 0.655. The lowest BCUT2D eigenvalue weighted by molar-refractivity contribution is -0.138. The number of anilines is 1. The topological polar surface area (TPSA) is 65.5 Å². The zero-order chi connectivity index (χ0) is 25.0. The van der Waals surface area contributed by atoms with E-state index < -0.39 is 46.8 Å². The lowest BCUT2D eigenvalue weighted by atomic mass is 10.0. The Morgan fingerprint density at radius 3 is 2.24 bits per heavy atom. The number of alkyl halides is 3. The summed E-state index contributed by atoms with van der Waals surface area (Å²) in [5.74, 6) is -3.47. The maximum atomic E-state index is 14.0. The first kappa shape index (κ1) is 25.4. The molecule has 0 radical (unpaired) electrons. The van der Waals surface area contributed by atoms with Crippen LogP contribution < -0.4 is 10.2 Å². The Bertz CT molecular complexity index is 1010. The molecule has 1 aromatic heterocycles. The summed E-state index contributed by atoms with van der Waals surface area (Å²) in [7, 11) is 0. The van der Waals surface area contributed by atoms with Gasteiger partial charge in [0, 0.05) is 32.4 Å². The van der Waals surface area contributed by atoms with Crippen LogP contribution in [0.15, 0.2) is 36.5 Å². The van der Waals surface area contributed by atoms with Crippen LogP contribution in [0.5, 0.6) is 0 Å². The molecule has 2 aromatic rings. The van der Waals surface area contributed by atoms with Crippen molar-refractivity contribution in [3.8, 4) is 0 Å². The average molecular weight is 484 g/mol. The SMILES string of the molecule is CC(C)C(NC(=O)c1c(F)cccc1F)C(=O)N1CCCN(c2ccc(C(F)(F)F)cn2)CC1. The number of amides is 2. The summed E-state index contributed by atoms with van der Waals surface area (Å²) in [5, 5.41) is 2.45. The summed E-state index contributed by atoms with van der Waals surface area (Å²) in [4.78, 5) is 32.9. The number of carbonyl (C=O) groups is 2. The van der Waals surface area contributed by atoms with Crippen LogP contribution in [0.4, 0.5) is 27.8 Å². The van der Waals surface area contributed by atoms with E-state index in [1.807, 2.05) is 0 Å². The molecule has 34 heavy (non-hydrogen) atoms. The van der Waals surface area contributed by atoms with Gasteiger partial charge in [0.1, 0.15) is 29.1 Å². The van der Waals surface area contributed by atoms with E-state index in [9.17, 15) is 31.5 Å². The molecule has 0 saturated carbocycles. The number of aromatic nitrogens is 1. The summed E-state index contributed by atoms with van der Waals surface area (Å²) in [6.07, 6.45) is -3.18. The van der Waals surface area contributed by atoms with Gasteiger partial charge in [-0.1, -0.05) is 19.9 Å². The molecule has 184 valence electrons. The fourth-order valence-corrected chi connectivity index (χ4v) is 3.75. The van der Waals surface area contributed by atoms with Gasteiger partial charge >= 0.3 is 6.18 Å². The minimum Gasteiger partial charge on any atom is -0.355 e. The summed E-state index contributed by atoms with van der Waals surface area (Å²) in [6.45, 7) is 4.80. The largest absolute Gasteiger partial charge is 0.417 e. The van der Waals surface area contributed by atoms with Crippen molar-refractivity contribution < 1.29 is 31.5 Å². The highest BCUT2D eigenvalue weighted by Crippen LogP contribution is 2.29. The predicted octanol–water partition coefficient (Wildman–Crippen LogP) is 3.87. The van der Waals surface area contributed by atoms with E-state index in [4.69, 9.17) is 0 Å². The Kier molecular flexibility index (Phi) is 7.73. The molecule has 1 atom stereocenters. The highest BCUT2D eigenvalue weighted by atomic mass is 19.4. The van der Waals surface area contributed by atoms with Crippen LogP contribution in [0.2, 0.25) is 0 Å². The Hall–Kier alpha value is -3.24. The second-order valence-corrected chi connectivity index (χ2v) is 8.36. The van der Waals surface area contributed by atoms with Gasteiger partial charge in [-0.3, -0.25) is 9.59 Å². The number of pyridine rings is 1. The summed E-state index contributed by atoms with van der Waals surface area (Å²) >= 11 is 0. The Balaban J connectivity index is 1.68. The molecule has 6 nitrogen and oxygen atoms in total. The molecule has 3 rings (SSSR count). The molecule has 1 saturated heterocycles. The van der Waals surface area contributed by atoms with Gasteiger partial charge in [0.2, 0.25) is 5.91 Å². The molecule has 1 aliphatic rings. The van der Waals surface area contributed by atoms with Crippen molar-refractivity contribution in [2.75, 3.05) is 31.1 Å². The molecule has 2 amide bonds. The van der Waals surface area contributed by atoms with Crippen LogP contribution >= 0.6 is 0 Å². The van der Waals surface area contributed by atoms with Gasteiger partial charge < -0.3 is 15.1 Å². The van der Waals surface area contributed by atoms with Crippen LogP contribution in [0.1, 0.15) is 36.2 Å². The number of hydrogen-bond acceptors (Lipinski definition) is 4. The minimum absolute atomic E-state index is 0.245. The van der Waals surface area contributed by atoms with Crippen molar-refractivity contribution in [1.29, 1.82) is 0 Å². The Morgan fingerprint density at radius 1 is 1.00 bits per heavy atom. The fourth-order valence-electron chi connectivity index (χ4n) is 3.75. The monoisotopic (exact) mass is 484 g/mol. The van der Waals surface area contributed by atoms with Gasteiger partial charge in [-0.05, 0) is 36.6 Å². The maximum absolute atomic E-state index is 14.0. The van der Waals surface area contributed by atoms with Crippen LogP contribution in [0.25, 0.3) is 0 Å². The maximum Gasteiger partial charge on any atom is 0.417 e. The molecule has 11 heteroatoms. The molecule has 0 spiro atoms. The van der Waals surface area contributed by atoms with Crippen molar-refractivity contribution in [3.05, 3.63) is 59.3 Å². The Labute approximate surface area is 193 Å². The van der Waals surface area contributed by atoms with Gasteiger partial charge in [-0.25, -0.2) is 13.8 Å². The van der Waals surface area contributed by atoms with Gasteiger partial charge in [-0.2, -0.15) is 13.2 Å². The fraction of sp³-hybridized carbons (Fsp3) is 0.435. The first-order chi connectivity index (χ1) is 16.0. The second kappa shape index (κ2) is 10.4. The van der Waals surface area contributed by atoms with Gasteiger partial charge in [-0.15, -0.1) is 0 Å². The van der Waals surface area contributed by atoms with E-state index in [0.717, 1.165) is 30.5 Å². The van der Waals surface area contributed by atoms with E-state index in [1.54, 1.807) is 18.7 Å². The lowest BCUT2D eigenvalue weighted by Gasteiger charge is -2.29. The highest BCUT2D eigenvalue weighted by Gasteiger charge is 2.33. The summed E-state index contributed by atoms with van der Waals surface area (Å²) < 4.78 is 66.3. The van der Waals surface area contributed by atoms with Crippen molar-refractivity contribution >= 4 is 17.6 Å². The van der Waals surface area contributed by atoms with E-state index in [0.29, 0.717) is 31.9 Å². The molecular weight excluding hydrogens is 459 g/mol. The number of benzene rings is 1. The molecular formula is C23H25F5N4O2. The first-order valence-corrected chi connectivity index (χ1v) is 10.8. The molecule has 2 heterocycles. The summed E-state index contributed by atoms with van der Waals surface area (Å²) in [5.41, 5.74) is -1.60. The number of halogens is 5. The normalized spacial score (nSPS) is 15.8. The number of carbonyl (C=O) groups excluding carboxylic acids is 2. The van der Waals surface area contributed by atoms with Gasteiger partial charge in [0.15, 0.2) is 0 Å². The second-order valence-electron chi connectivity index (χ2n) is 8.36. The van der Waals surface area contributed by atoms with E-state index in [2.05, 4.69) is 10.3 Å². The zero-order valence-corrected chi connectivity index (χ0v) is 18.7. The first-order valence-electron chi connectivity index (χ1n) is 10.8. The molecule has 1 aromatic carbocycles. The van der Waals surface area contributed by atoms with Crippen LogP contribution in [0, 0.1) is 17.6 Å². The van der Waals surface area contributed by atoms with E-state index in [1.165, 1.54) is 11.0 Å². The van der Waals surface area contributed by atoms with Crippen LogP contribution in [0.3, 0.4) is 0 Å². The van der Waals surface area contributed by atoms with Crippen LogP contribution in [-0.2, 0) is 11.0 Å². The number of hydrogen-bond donors (Lipinski definition) is 1. The Morgan fingerprint density at radius 2 is 1.68 bits per heavy atom. The van der Waals surface area contributed by atoms with E-state index in [-0.39, 0.29) is 12.5 Å². The van der Waals surface area contributed by atoms with Crippen molar-refractivity contribution in [1.82, 2.24) is 15.2 Å². The zero-order valence-electron chi connectivity index (χ0n) is 18.7. The molecule has 0 bridgehead atoms. The standard InChI is InChI=1S/C23H25F5N4O2/c1-14(2)20(30-21(33)19-16(24)5-3-6-17(19)25)22(34)32-10-4-9-31(11-12-32)18-8-7-15(13-29-18)23(26,27)28/h3,5-8,13-14,20H,4,9-12H2,1-2H3,(H,30,33). The number of nitrogens with zero attached hydrogens (tertiary/aromatic N) is 3. The lowest BCUT2D eigenvalue weighted by Crippen LogP contribution is -2.52. The molecule has 1 unspecified atom stereocenters. The van der Waals surface area contributed by atoms with E-state index >= 15 is 0 Å². The molecule has 1 fully saturated rings. The highest BCUT2D eigenvalue weighted by molar-refractivity contribution is 5.98. The van der Waals surface area contributed by atoms with Crippen molar-refractivity contribution in [3.63, 3.8) is 0 Å². The van der Waals surface area contributed by atoms with Crippen molar-refractivity contribution in [2.24, 2.45) is 5.92 Å². The van der Waals surface area contributed by atoms with Gasteiger partial charge in [0.05, 0.1) is 5.56 Å². The molecule has 0 aliphatic carbocycles. The van der Waals surface area contributed by atoms with Crippen molar-refractivity contribution in [2.45, 2.75) is 32.5 Å². The third-order valence-electron chi connectivity index (χ3n) is 5.62. The number of rotatable bonds is 5. The predicted molar refractivity (Wildman–Crippen MR) is 115 cm³/mol. The molecule has 1 N–H and O–H groups in total. The smallest absolute Gasteiger partial charge is 0.355 e. The summed E-state index contributed by atoms with van der Waals surface area (Å²) in [6, 6.07) is 4.30. The average Bonchev–Trinajstić information content (AvgIpc) is 3.02. The third kappa shape index (κ3) is 5.81.